The molecule has 3 N–H and O–H groups in total. The fourth-order valence-corrected chi connectivity index (χ4v) is 1.99. The monoisotopic (exact) mass is 248 g/mol. The summed E-state index contributed by atoms with van der Waals surface area (Å²) in [5.41, 5.74) is 7.62. The molecular formula is C13H20N4O. The van der Waals surface area contributed by atoms with E-state index in [1.165, 1.54) is 0 Å². The van der Waals surface area contributed by atoms with Crippen LogP contribution >= 0.6 is 0 Å². The Morgan fingerprint density at radius 2 is 2.33 bits per heavy atom. The molecule has 0 aliphatic carbocycles. The minimum absolute atomic E-state index is 0.236. The van der Waals surface area contributed by atoms with E-state index < -0.39 is 0 Å². The van der Waals surface area contributed by atoms with Gasteiger partial charge in [-0.3, -0.25) is 0 Å². The predicted octanol–water partition coefficient (Wildman–Crippen LogP) is 2.43. The third kappa shape index (κ3) is 2.50. The zero-order chi connectivity index (χ0) is 13.1. The van der Waals surface area contributed by atoms with Crippen molar-refractivity contribution in [2.24, 2.45) is 0 Å². The van der Waals surface area contributed by atoms with Crippen molar-refractivity contribution in [1.29, 1.82) is 0 Å². The van der Waals surface area contributed by atoms with Crippen molar-refractivity contribution in [3.63, 3.8) is 0 Å². The van der Waals surface area contributed by atoms with Crippen molar-refractivity contribution in [3.05, 3.63) is 29.9 Å². The molecule has 0 saturated carbocycles. The van der Waals surface area contributed by atoms with E-state index >= 15 is 0 Å². The molecule has 0 saturated heterocycles. The number of nitrogen functional groups attached to an aromatic ring is 1. The zero-order valence-corrected chi connectivity index (χ0v) is 11.1. The topological polar surface area (TPSA) is 69.0 Å². The van der Waals surface area contributed by atoms with Gasteiger partial charge in [0, 0.05) is 19.0 Å². The van der Waals surface area contributed by atoms with Gasteiger partial charge in [0.05, 0.1) is 17.6 Å². The first-order chi connectivity index (χ1) is 8.61. The van der Waals surface area contributed by atoms with Crippen LogP contribution in [0.2, 0.25) is 0 Å². The normalized spacial score (nSPS) is 12.6. The van der Waals surface area contributed by atoms with Gasteiger partial charge in [-0.15, -0.1) is 0 Å². The highest BCUT2D eigenvalue weighted by Gasteiger charge is 2.14. The molecule has 98 valence electrons. The number of nitrogens with one attached hydrogen (secondary N) is 1. The molecule has 2 aromatic heterocycles. The Kier molecular flexibility index (Phi) is 3.60. The van der Waals surface area contributed by atoms with Crippen LogP contribution in [0.1, 0.15) is 25.3 Å². The summed E-state index contributed by atoms with van der Waals surface area (Å²) in [5.74, 6) is 1.86. The van der Waals surface area contributed by atoms with Crippen LogP contribution in [0.4, 0.5) is 11.5 Å². The van der Waals surface area contributed by atoms with Gasteiger partial charge in [0.1, 0.15) is 11.6 Å². The molecule has 1 atom stereocenters. The minimum atomic E-state index is 0.236. The standard InChI is InChI=1S/C13H20N4O/c1-4-17-13(12(14)10(3)16-17)15-9(2)8-11-6-5-7-18-11/h5-7,9,15H,4,8,14H2,1-3H3. The van der Waals surface area contributed by atoms with E-state index in [1.807, 2.05) is 30.7 Å². The van der Waals surface area contributed by atoms with Crippen molar-refractivity contribution in [3.8, 4) is 0 Å². The van der Waals surface area contributed by atoms with Gasteiger partial charge in [-0.25, -0.2) is 4.68 Å². The van der Waals surface area contributed by atoms with Crippen LogP contribution in [0.15, 0.2) is 22.8 Å². The lowest BCUT2D eigenvalue weighted by atomic mass is 10.2. The number of rotatable bonds is 5. The predicted molar refractivity (Wildman–Crippen MR) is 72.5 cm³/mol. The molecule has 2 rings (SSSR count). The van der Waals surface area contributed by atoms with Gasteiger partial charge in [0.15, 0.2) is 0 Å². The number of furan rings is 1. The van der Waals surface area contributed by atoms with E-state index in [2.05, 4.69) is 17.3 Å². The van der Waals surface area contributed by atoms with Crippen molar-refractivity contribution < 1.29 is 4.42 Å². The molecule has 0 bridgehead atoms. The van der Waals surface area contributed by atoms with Crippen LogP contribution in [0.3, 0.4) is 0 Å². The Morgan fingerprint density at radius 1 is 1.56 bits per heavy atom. The van der Waals surface area contributed by atoms with Gasteiger partial charge in [0.2, 0.25) is 0 Å². The summed E-state index contributed by atoms with van der Waals surface area (Å²) in [7, 11) is 0. The van der Waals surface area contributed by atoms with Crippen molar-refractivity contribution >= 4 is 11.5 Å². The number of hydrogen-bond acceptors (Lipinski definition) is 4. The maximum atomic E-state index is 6.03. The second-order valence-electron chi connectivity index (χ2n) is 4.49. The average molecular weight is 248 g/mol. The molecule has 0 aliphatic heterocycles. The second-order valence-corrected chi connectivity index (χ2v) is 4.49. The lowest BCUT2D eigenvalue weighted by Gasteiger charge is -2.15. The summed E-state index contributed by atoms with van der Waals surface area (Å²) >= 11 is 0. The molecule has 5 nitrogen and oxygen atoms in total. The van der Waals surface area contributed by atoms with Crippen LogP contribution in [0.5, 0.6) is 0 Å². The average Bonchev–Trinajstić information content (AvgIpc) is 2.92. The zero-order valence-electron chi connectivity index (χ0n) is 11.1. The van der Waals surface area contributed by atoms with Gasteiger partial charge >= 0.3 is 0 Å². The van der Waals surface area contributed by atoms with Crippen molar-refractivity contribution in [2.45, 2.75) is 39.8 Å². The van der Waals surface area contributed by atoms with Gasteiger partial charge < -0.3 is 15.5 Å². The summed E-state index contributed by atoms with van der Waals surface area (Å²) in [4.78, 5) is 0. The Hall–Kier alpha value is -1.91. The number of anilines is 2. The van der Waals surface area contributed by atoms with E-state index in [0.717, 1.165) is 35.9 Å². The summed E-state index contributed by atoms with van der Waals surface area (Å²) in [6, 6.07) is 4.11. The summed E-state index contributed by atoms with van der Waals surface area (Å²) in [6.07, 6.45) is 2.51. The van der Waals surface area contributed by atoms with Gasteiger partial charge in [-0.1, -0.05) is 0 Å². The number of aromatic nitrogens is 2. The lowest BCUT2D eigenvalue weighted by Crippen LogP contribution is -2.21. The fourth-order valence-electron chi connectivity index (χ4n) is 1.99. The van der Waals surface area contributed by atoms with Crippen LogP contribution in [0, 0.1) is 6.92 Å². The van der Waals surface area contributed by atoms with Crippen molar-refractivity contribution in [2.75, 3.05) is 11.1 Å². The van der Waals surface area contributed by atoms with Crippen LogP contribution < -0.4 is 11.1 Å². The minimum Gasteiger partial charge on any atom is -0.469 e. The smallest absolute Gasteiger partial charge is 0.148 e. The Labute approximate surface area is 107 Å². The molecule has 5 heteroatoms. The highest BCUT2D eigenvalue weighted by molar-refractivity contribution is 5.65. The lowest BCUT2D eigenvalue weighted by molar-refractivity contribution is 0.496. The van der Waals surface area contributed by atoms with E-state index in [9.17, 15) is 0 Å². The molecule has 2 heterocycles. The third-order valence-electron chi connectivity index (χ3n) is 2.94. The Morgan fingerprint density at radius 3 is 2.94 bits per heavy atom. The fraction of sp³-hybridized carbons (Fsp3) is 0.462. The first kappa shape index (κ1) is 12.5. The number of nitrogens with two attached hydrogens (primary N) is 1. The highest BCUT2D eigenvalue weighted by atomic mass is 16.3. The van der Waals surface area contributed by atoms with Crippen LogP contribution in [0.25, 0.3) is 0 Å². The highest BCUT2D eigenvalue weighted by Crippen LogP contribution is 2.23. The summed E-state index contributed by atoms with van der Waals surface area (Å²) in [6.45, 7) is 6.87. The molecule has 2 aromatic rings. The first-order valence-corrected chi connectivity index (χ1v) is 6.23. The molecule has 0 aromatic carbocycles. The first-order valence-electron chi connectivity index (χ1n) is 6.23. The van der Waals surface area contributed by atoms with Gasteiger partial charge in [-0.2, -0.15) is 5.10 Å². The number of aryl methyl sites for hydroxylation is 2. The van der Waals surface area contributed by atoms with E-state index in [1.54, 1.807) is 6.26 Å². The maximum absolute atomic E-state index is 6.03. The number of nitrogens with zero attached hydrogens (tertiary/aromatic N) is 2. The largest absolute Gasteiger partial charge is 0.469 e. The molecule has 0 amide bonds. The maximum Gasteiger partial charge on any atom is 0.148 e. The van der Waals surface area contributed by atoms with Gasteiger partial charge in [-0.05, 0) is 32.9 Å². The Balaban J connectivity index is 2.09. The number of hydrogen-bond donors (Lipinski definition) is 2. The van der Waals surface area contributed by atoms with Gasteiger partial charge in [0.25, 0.3) is 0 Å². The molecule has 18 heavy (non-hydrogen) atoms. The van der Waals surface area contributed by atoms with E-state index in [4.69, 9.17) is 10.2 Å². The molecule has 0 spiro atoms. The SMILES string of the molecule is CCn1nc(C)c(N)c1NC(C)Cc1ccco1. The van der Waals surface area contributed by atoms with E-state index in [-0.39, 0.29) is 6.04 Å². The Bertz CT molecular complexity index is 501. The second kappa shape index (κ2) is 5.16. The van der Waals surface area contributed by atoms with Crippen molar-refractivity contribution in [1.82, 2.24) is 9.78 Å². The molecule has 0 fully saturated rings. The van der Waals surface area contributed by atoms with Crippen LogP contribution in [-0.2, 0) is 13.0 Å². The molecule has 0 aliphatic rings. The third-order valence-corrected chi connectivity index (χ3v) is 2.94. The summed E-state index contributed by atoms with van der Waals surface area (Å²) < 4.78 is 7.23. The molecule has 0 radical (unpaired) electrons. The molecular weight excluding hydrogens is 228 g/mol. The van der Waals surface area contributed by atoms with E-state index in [0.29, 0.717) is 0 Å². The quantitative estimate of drug-likeness (QED) is 0.852. The molecule has 1 unspecified atom stereocenters. The van der Waals surface area contributed by atoms with Crippen LogP contribution in [-0.4, -0.2) is 15.8 Å². The summed E-state index contributed by atoms with van der Waals surface area (Å²) in [5, 5.41) is 7.79.